The molecule has 2 aromatic heterocycles. The third kappa shape index (κ3) is 5.13. The topological polar surface area (TPSA) is 116 Å². The number of aryl methyl sites for hydroxylation is 1. The first kappa shape index (κ1) is 23.8. The van der Waals surface area contributed by atoms with Crippen molar-refractivity contribution in [3.05, 3.63) is 56.8 Å². The highest BCUT2D eigenvalue weighted by molar-refractivity contribution is 5.86. The fourth-order valence-corrected chi connectivity index (χ4v) is 3.15. The summed E-state index contributed by atoms with van der Waals surface area (Å²) in [5.41, 5.74) is 0.394. The lowest BCUT2D eigenvalue weighted by Gasteiger charge is -2.20. The Hall–Kier alpha value is -3.89. The molecule has 3 rings (SSSR count). The number of hydrogen-bond acceptors (Lipinski definition) is 7. The van der Waals surface area contributed by atoms with E-state index in [1.165, 1.54) is 24.0 Å². The molecular weight excluding hydrogens is 426 g/mol. The number of imidazole rings is 1. The number of ether oxygens (including phenoxy) is 1. The van der Waals surface area contributed by atoms with Crippen molar-refractivity contribution in [2.75, 3.05) is 4.90 Å². The SMILES string of the molecule is CC(C)=CCn1c(N2C=CN=CC(NC(=O)OC(C)(C)C)=C2)nc2c1c(=O)n(C)c(=O)n2C. The zero-order valence-corrected chi connectivity index (χ0v) is 19.9. The molecule has 11 heteroatoms. The van der Waals surface area contributed by atoms with E-state index in [9.17, 15) is 14.4 Å². The molecule has 176 valence electrons. The minimum atomic E-state index is -0.659. The molecule has 1 amide bonds. The van der Waals surface area contributed by atoms with Gasteiger partial charge in [0.05, 0.1) is 11.9 Å². The molecule has 1 N–H and O–H groups in total. The Morgan fingerprint density at radius 3 is 2.52 bits per heavy atom. The zero-order chi connectivity index (χ0) is 24.5. The van der Waals surface area contributed by atoms with Crippen molar-refractivity contribution in [2.45, 2.75) is 46.8 Å². The lowest BCUT2D eigenvalue weighted by molar-refractivity contribution is 0.0549. The van der Waals surface area contributed by atoms with E-state index in [-0.39, 0.29) is 5.65 Å². The second-order valence-corrected chi connectivity index (χ2v) is 8.88. The van der Waals surface area contributed by atoms with Gasteiger partial charge in [0.25, 0.3) is 5.56 Å². The maximum Gasteiger partial charge on any atom is 0.412 e. The number of rotatable bonds is 4. The summed E-state index contributed by atoms with van der Waals surface area (Å²) in [4.78, 5) is 48.1. The number of fused-ring (bicyclic) bond motifs is 1. The van der Waals surface area contributed by atoms with Gasteiger partial charge in [-0.3, -0.25) is 33.7 Å². The van der Waals surface area contributed by atoms with Crippen molar-refractivity contribution in [3.63, 3.8) is 0 Å². The minimum absolute atomic E-state index is 0.258. The number of nitrogens with zero attached hydrogens (tertiary/aromatic N) is 6. The molecule has 2 aromatic rings. The summed E-state index contributed by atoms with van der Waals surface area (Å²) in [7, 11) is 3.00. The largest absolute Gasteiger partial charge is 0.444 e. The summed E-state index contributed by atoms with van der Waals surface area (Å²) >= 11 is 0. The molecule has 0 aromatic carbocycles. The molecular formula is C22H29N7O4. The van der Waals surface area contributed by atoms with Crippen LogP contribution in [0.15, 0.2) is 50.5 Å². The van der Waals surface area contributed by atoms with E-state index in [0.717, 1.165) is 10.1 Å². The summed E-state index contributed by atoms with van der Waals surface area (Å²) in [6.45, 7) is 9.57. The number of amides is 1. The normalized spacial score (nSPS) is 13.7. The van der Waals surface area contributed by atoms with Crippen LogP contribution >= 0.6 is 0 Å². The number of aliphatic imine (C=N–C) groups is 1. The Morgan fingerprint density at radius 1 is 1.18 bits per heavy atom. The van der Waals surface area contributed by atoms with E-state index < -0.39 is 22.9 Å². The third-order valence-electron chi connectivity index (χ3n) is 4.69. The van der Waals surface area contributed by atoms with Gasteiger partial charge in [0.2, 0.25) is 5.95 Å². The number of aromatic nitrogens is 4. The van der Waals surface area contributed by atoms with Crippen LogP contribution in [0.1, 0.15) is 34.6 Å². The number of alkyl carbamates (subject to hydrolysis) is 1. The smallest absolute Gasteiger partial charge is 0.412 e. The molecule has 1 aliphatic rings. The number of carbonyl (C=O) groups is 1. The lowest BCUT2D eigenvalue weighted by atomic mass is 10.2. The second kappa shape index (κ2) is 8.93. The predicted molar refractivity (Wildman–Crippen MR) is 127 cm³/mol. The number of carbonyl (C=O) groups excluding carboxylic acids is 1. The van der Waals surface area contributed by atoms with Crippen molar-refractivity contribution in [1.82, 2.24) is 24.0 Å². The van der Waals surface area contributed by atoms with E-state index >= 15 is 0 Å². The highest BCUT2D eigenvalue weighted by Crippen LogP contribution is 2.22. The van der Waals surface area contributed by atoms with Gasteiger partial charge < -0.3 is 4.74 Å². The van der Waals surface area contributed by atoms with Crippen LogP contribution in [0.2, 0.25) is 0 Å². The van der Waals surface area contributed by atoms with Gasteiger partial charge in [0.1, 0.15) is 5.60 Å². The van der Waals surface area contributed by atoms with Gasteiger partial charge in [-0.2, -0.15) is 4.98 Å². The summed E-state index contributed by atoms with van der Waals surface area (Å²) in [5.74, 6) is 0.381. The summed E-state index contributed by atoms with van der Waals surface area (Å²) in [6, 6.07) is 0. The van der Waals surface area contributed by atoms with E-state index in [2.05, 4.69) is 15.3 Å². The van der Waals surface area contributed by atoms with Crippen LogP contribution in [0.25, 0.3) is 11.2 Å². The Bertz CT molecular complexity index is 1330. The highest BCUT2D eigenvalue weighted by atomic mass is 16.6. The summed E-state index contributed by atoms with van der Waals surface area (Å²) < 4.78 is 9.43. The van der Waals surface area contributed by atoms with E-state index in [1.807, 2.05) is 19.9 Å². The van der Waals surface area contributed by atoms with E-state index in [4.69, 9.17) is 4.74 Å². The zero-order valence-electron chi connectivity index (χ0n) is 19.9. The molecule has 0 bridgehead atoms. The minimum Gasteiger partial charge on any atom is -0.444 e. The first-order valence-electron chi connectivity index (χ1n) is 10.4. The maximum atomic E-state index is 13.0. The molecule has 0 aliphatic carbocycles. The third-order valence-corrected chi connectivity index (χ3v) is 4.69. The van der Waals surface area contributed by atoms with Crippen molar-refractivity contribution < 1.29 is 9.53 Å². The van der Waals surface area contributed by atoms with Gasteiger partial charge in [-0.05, 0) is 34.6 Å². The van der Waals surface area contributed by atoms with Crippen LogP contribution in [0, 0.1) is 0 Å². The maximum absolute atomic E-state index is 13.0. The van der Waals surface area contributed by atoms with Gasteiger partial charge in [0.15, 0.2) is 11.2 Å². The first-order valence-corrected chi connectivity index (χ1v) is 10.4. The molecule has 1 aliphatic heterocycles. The lowest BCUT2D eigenvalue weighted by Crippen LogP contribution is -2.37. The van der Waals surface area contributed by atoms with Gasteiger partial charge in [-0.15, -0.1) is 0 Å². The van der Waals surface area contributed by atoms with Crippen molar-refractivity contribution in [1.29, 1.82) is 0 Å². The first-order chi connectivity index (χ1) is 15.4. The molecule has 0 atom stereocenters. The van der Waals surface area contributed by atoms with Crippen molar-refractivity contribution in [2.24, 2.45) is 19.1 Å². The van der Waals surface area contributed by atoms with Crippen LogP contribution < -0.4 is 21.5 Å². The van der Waals surface area contributed by atoms with E-state index in [0.29, 0.717) is 23.7 Å². The molecule has 33 heavy (non-hydrogen) atoms. The molecule has 0 unspecified atom stereocenters. The Kier molecular flexibility index (Phi) is 6.43. The van der Waals surface area contributed by atoms with Crippen LogP contribution in [-0.4, -0.2) is 36.6 Å². The molecule has 3 heterocycles. The predicted octanol–water partition coefficient (Wildman–Crippen LogP) is 2.13. The number of allylic oxidation sites excluding steroid dienone is 3. The monoisotopic (exact) mass is 455 g/mol. The van der Waals surface area contributed by atoms with Crippen molar-refractivity contribution in [3.8, 4) is 0 Å². The molecule has 0 saturated carbocycles. The van der Waals surface area contributed by atoms with Gasteiger partial charge in [0, 0.05) is 39.2 Å². The van der Waals surface area contributed by atoms with Gasteiger partial charge in [-0.25, -0.2) is 9.59 Å². The quantitative estimate of drug-likeness (QED) is 0.706. The number of anilines is 1. The average Bonchev–Trinajstić information content (AvgIpc) is 2.94. The second-order valence-electron chi connectivity index (χ2n) is 8.88. The fourth-order valence-electron chi connectivity index (χ4n) is 3.15. The summed E-state index contributed by atoms with van der Waals surface area (Å²) in [5, 5.41) is 2.66. The average molecular weight is 456 g/mol. The molecule has 0 spiro atoms. The number of nitrogens with one attached hydrogen (secondary N) is 1. The van der Waals surface area contributed by atoms with Crippen LogP contribution in [0.5, 0.6) is 0 Å². The molecule has 0 radical (unpaired) electrons. The fraction of sp³-hybridized carbons (Fsp3) is 0.409. The van der Waals surface area contributed by atoms with Crippen LogP contribution in [-0.2, 0) is 25.4 Å². The molecule has 11 nitrogen and oxygen atoms in total. The van der Waals surface area contributed by atoms with Crippen molar-refractivity contribution >= 4 is 29.4 Å². The van der Waals surface area contributed by atoms with Gasteiger partial charge >= 0.3 is 11.8 Å². The van der Waals surface area contributed by atoms with E-state index in [1.54, 1.807) is 49.7 Å². The number of hydrogen-bond donors (Lipinski definition) is 1. The van der Waals surface area contributed by atoms with Crippen LogP contribution in [0.4, 0.5) is 10.7 Å². The summed E-state index contributed by atoms with van der Waals surface area (Å²) in [6.07, 6.45) is 7.58. The Balaban J connectivity index is 2.16. The Morgan fingerprint density at radius 2 is 1.88 bits per heavy atom. The Labute approximate surface area is 191 Å². The highest BCUT2D eigenvalue weighted by Gasteiger charge is 2.22. The standard InChI is InChI=1S/C22H29N7O4/c1-14(2)8-10-29-16-17(26(6)21(32)27(7)18(16)30)25-19(29)28-11-9-23-12-15(13-28)24-20(31)33-22(3,4)5/h8-9,11-13H,10H2,1-7H3,(H,24,31). The van der Waals surface area contributed by atoms with Crippen LogP contribution in [0.3, 0.4) is 0 Å². The molecule has 0 fully saturated rings. The molecule has 0 saturated heterocycles. The van der Waals surface area contributed by atoms with Gasteiger partial charge in [-0.1, -0.05) is 11.6 Å².